The highest BCUT2D eigenvalue weighted by Crippen LogP contribution is 2.24. The summed E-state index contributed by atoms with van der Waals surface area (Å²) in [5.74, 6) is 0.150. The van der Waals surface area contributed by atoms with Crippen LogP contribution in [0.15, 0.2) is 46.9 Å². The third kappa shape index (κ3) is 2.70. The molecule has 1 heterocycles. The van der Waals surface area contributed by atoms with E-state index in [0.29, 0.717) is 22.7 Å². The van der Waals surface area contributed by atoms with E-state index in [2.05, 4.69) is 10.3 Å². The van der Waals surface area contributed by atoms with E-state index in [-0.39, 0.29) is 0 Å². The molecule has 0 saturated carbocycles. The first-order valence-corrected chi connectivity index (χ1v) is 6.45. The summed E-state index contributed by atoms with van der Waals surface area (Å²) in [4.78, 5) is 15.6. The molecule has 112 valence electrons. The van der Waals surface area contributed by atoms with Gasteiger partial charge >= 0.3 is 0 Å². The van der Waals surface area contributed by atoms with E-state index in [9.17, 15) is 4.79 Å². The van der Waals surface area contributed by atoms with E-state index >= 15 is 0 Å². The van der Waals surface area contributed by atoms with Crippen molar-refractivity contribution >= 4 is 28.7 Å². The fourth-order valence-corrected chi connectivity index (χ4v) is 1.98. The van der Waals surface area contributed by atoms with Crippen LogP contribution in [0.4, 0.5) is 11.7 Å². The van der Waals surface area contributed by atoms with Crippen LogP contribution >= 0.6 is 0 Å². The lowest BCUT2D eigenvalue weighted by molar-refractivity contribution is 0.0706. The standard InChI is InChI=1S/C15H13N3O4/c1-21-11-5-3-10(4-6-11)16-15-17-12-8-9(14(19)18-20)2-7-13(12)22-15/h2-8,20H,1H3,(H,16,17)(H,18,19). The second-order valence-corrected chi connectivity index (χ2v) is 4.50. The molecule has 0 aliphatic heterocycles. The Labute approximate surface area is 125 Å². The molecule has 0 aliphatic carbocycles. The van der Waals surface area contributed by atoms with Crippen LogP contribution in [-0.2, 0) is 0 Å². The van der Waals surface area contributed by atoms with Crippen LogP contribution in [0.25, 0.3) is 11.1 Å². The van der Waals surface area contributed by atoms with Gasteiger partial charge in [-0.15, -0.1) is 0 Å². The van der Waals surface area contributed by atoms with Crippen molar-refractivity contribution in [2.45, 2.75) is 0 Å². The Balaban J connectivity index is 1.86. The summed E-state index contributed by atoms with van der Waals surface area (Å²) in [6.07, 6.45) is 0. The van der Waals surface area contributed by atoms with Crippen molar-refractivity contribution in [2.75, 3.05) is 12.4 Å². The Morgan fingerprint density at radius 1 is 1.23 bits per heavy atom. The molecule has 0 atom stereocenters. The van der Waals surface area contributed by atoms with E-state index in [1.54, 1.807) is 18.7 Å². The minimum absolute atomic E-state index is 0.291. The van der Waals surface area contributed by atoms with Crippen molar-refractivity contribution < 1.29 is 19.2 Å². The molecule has 22 heavy (non-hydrogen) atoms. The molecule has 0 radical (unpaired) electrons. The molecule has 0 spiro atoms. The highest BCUT2D eigenvalue weighted by molar-refractivity contribution is 5.96. The van der Waals surface area contributed by atoms with Gasteiger partial charge in [0.05, 0.1) is 7.11 Å². The predicted octanol–water partition coefficient (Wildman–Crippen LogP) is 2.70. The van der Waals surface area contributed by atoms with Crippen molar-refractivity contribution in [3.05, 3.63) is 48.0 Å². The van der Waals surface area contributed by atoms with E-state index in [4.69, 9.17) is 14.4 Å². The molecule has 3 rings (SSSR count). The molecule has 1 amide bonds. The predicted molar refractivity (Wildman–Crippen MR) is 79.5 cm³/mol. The number of hydroxylamine groups is 1. The average molecular weight is 299 g/mol. The summed E-state index contributed by atoms with van der Waals surface area (Å²) in [6, 6.07) is 12.3. The SMILES string of the molecule is COc1ccc(Nc2nc3cc(C(=O)NO)ccc3o2)cc1. The number of hydrogen-bond acceptors (Lipinski definition) is 6. The molecule has 7 nitrogen and oxygen atoms in total. The molecule has 0 fully saturated rings. The number of nitrogens with one attached hydrogen (secondary N) is 2. The minimum Gasteiger partial charge on any atom is -0.497 e. The summed E-state index contributed by atoms with van der Waals surface area (Å²) in [5, 5.41) is 11.7. The van der Waals surface area contributed by atoms with Gasteiger partial charge in [-0.3, -0.25) is 10.0 Å². The first-order chi connectivity index (χ1) is 10.7. The maximum Gasteiger partial charge on any atom is 0.300 e. The van der Waals surface area contributed by atoms with Crippen molar-refractivity contribution in [1.29, 1.82) is 0 Å². The molecular formula is C15H13N3O4. The Morgan fingerprint density at radius 3 is 2.68 bits per heavy atom. The smallest absolute Gasteiger partial charge is 0.300 e. The number of methoxy groups -OCH3 is 1. The maximum absolute atomic E-state index is 11.4. The van der Waals surface area contributed by atoms with Crippen LogP contribution in [0, 0.1) is 0 Å². The summed E-state index contributed by atoms with van der Waals surface area (Å²) in [6.45, 7) is 0. The van der Waals surface area contributed by atoms with Crippen LogP contribution in [0.1, 0.15) is 10.4 Å². The fourth-order valence-electron chi connectivity index (χ4n) is 1.98. The number of nitrogens with zero attached hydrogens (tertiary/aromatic N) is 1. The highest BCUT2D eigenvalue weighted by Gasteiger charge is 2.10. The first kappa shape index (κ1) is 13.9. The number of rotatable bonds is 4. The molecule has 3 aromatic rings. The zero-order valence-electron chi connectivity index (χ0n) is 11.7. The molecule has 2 aromatic carbocycles. The van der Waals surface area contributed by atoms with Gasteiger partial charge in [-0.25, -0.2) is 5.48 Å². The molecule has 0 bridgehead atoms. The van der Waals surface area contributed by atoms with Gasteiger partial charge in [0.15, 0.2) is 5.58 Å². The lowest BCUT2D eigenvalue weighted by atomic mass is 10.2. The number of amides is 1. The molecule has 0 saturated heterocycles. The third-order valence-electron chi connectivity index (χ3n) is 3.09. The van der Waals surface area contributed by atoms with Gasteiger partial charge in [0, 0.05) is 11.3 Å². The highest BCUT2D eigenvalue weighted by atomic mass is 16.5. The summed E-state index contributed by atoms with van der Waals surface area (Å²) in [5.41, 5.74) is 3.71. The number of aromatic nitrogens is 1. The van der Waals surface area contributed by atoms with Gasteiger partial charge in [0.25, 0.3) is 11.9 Å². The van der Waals surface area contributed by atoms with Gasteiger partial charge in [0.1, 0.15) is 11.3 Å². The van der Waals surface area contributed by atoms with E-state index in [0.717, 1.165) is 11.4 Å². The summed E-state index contributed by atoms with van der Waals surface area (Å²) < 4.78 is 10.6. The van der Waals surface area contributed by atoms with Crippen LogP contribution in [0.5, 0.6) is 5.75 Å². The minimum atomic E-state index is -0.602. The lowest BCUT2D eigenvalue weighted by Crippen LogP contribution is -2.18. The van der Waals surface area contributed by atoms with Crippen LogP contribution in [-0.4, -0.2) is 23.2 Å². The molecule has 0 aliphatic rings. The van der Waals surface area contributed by atoms with Gasteiger partial charge in [-0.1, -0.05) is 0 Å². The van der Waals surface area contributed by atoms with Gasteiger partial charge in [-0.2, -0.15) is 4.98 Å². The maximum atomic E-state index is 11.4. The van der Waals surface area contributed by atoms with Gasteiger partial charge < -0.3 is 14.5 Å². The number of ether oxygens (including phenoxy) is 1. The van der Waals surface area contributed by atoms with Gasteiger partial charge in [0.2, 0.25) is 0 Å². The number of fused-ring (bicyclic) bond motifs is 1. The largest absolute Gasteiger partial charge is 0.497 e. The molecule has 0 unspecified atom stereocenters. The number of carbonyl (C=O) groups is 1. The lowest BCUT2D eigenvalue weighted by Gasteiger charge is -2.02. The Kier molecular flexibility index (Phi) is 3.63. The zero-order valence-corrected chi connectivity index (χ0v) is 11.7. The molecular weight excluding hydrogens is 286 g/mol. The average Bonchev–Trinajstić information content (AvgIpc) is 2.96. The van der Waals surface area contributed by atoms with Crippen molar-refractivity contribution in [3.8, 4) is 5.75 Å². The topological polar surface area (TPSA) is 96.6 Å². The number of anilines is 2. The quantitative estimate of drug-likeness (QED) is 0.506. The summed E-state index contributed by atoms with van der Waals surface area (Å²) in [7, 11) is 1.60. The Bertz CT molecular complexity index is 811. The van der Waals surface area contributed by atoms with Crippen LogP contribution in [0.2, 0.25) is 0 Å². The van der Waals surface area contributed by atoms with Gasteiger partial charge in [-0.05, 0) is 42.5 Å². The molecule has 7 heteroatoms. The summed E-state index contributed by atoms with van der Waals surface area (Å²) >= 11 is 0. The first-order valence-electron chi connectivity index (χ1n) is 6.45. The fraction of sp³-hybridized carbons (Fsp3) is 0.0667. The Morgan fingerprint density at radius 2 is 2.00 bits per heavy atom. The second-order valence-electron chi connectivity index (χ2n) is 4.50. The van der Waals surface area contributed by atoms with Crippen LogP contribution in [0.3, 0.4) is 0 Å². The van der Waals surface area contributed by atoms with Crippen LogP contribution < -0.4 is 15.5 Å². The van der Waals surface area contributed by atoms with Crippen molar-refractivity contribution in [1.82, 2.24) is 10.5 Å². The zero-order chi connectivity index (χ0) is 15.5. The second kappa shape index (κ2) is 5.74. The normalized spacial score (nSPS) is 10.5. The van der Waals surface area contributed by atoms with Crippen molar-refractivity contribution in [3.63, 3.8) is 0 Å². The number of hydrogen-bond donors (Lipinski definition) is 3. The number of carbonyl (C=O) groups excluding carboxylic acids is 1. The van der Waals surface area contributed by atoms with E-state index < -0.39 is 5.91 Å². The van der Waals surface area contributed by atoms with E-state index in [1.165, 1.54) is 12.1 Å². The third-order valence-corrected chi connectivity index (χ3v) is 3.09. The number of benzene rings is 2. The van der Waals surface area contributed by atoms with Crippen molar-refractivity contribution in [2.24, 2.45) is 0 Å². The molecule has 1 aromatic heterocycles. The van der Waals surface area contributed by atoms with E-state index in [1.807, 2.05) is 24.3 Å². The Hall–Kier alpha value is -3.06. The molecule has 3 N–H and O–H groups in total. The number of oxazole rings is 1. The monoisotopic (exact) mass is 299 g/mol.